The summed E-state index contributed by atoms with van der Waals surface area (Å²) in [7, 11) is 0.550. The molecule has 0 bridgehead atoms. The third kappa shape index (κ3) is 6.86. The molecule has 0 spiro atoms. The Morgan fingerprint density at radius 2 is 1.73 bits per heavy atom. The molecular formula is C31H37N7O6S. The molecular weight excluding hydrogens is 598 g/mol. The molecule has 1 aliphatic rings. The largest absolute Gasteiger partial charge is 0.497 e. The van der Waals surface area contributed by atoms with Crippen LogP contribution in [0.5, 0.6) is 17.2 Å². The number of benzene rings is 2. The zero-order chi connectivity index (χ0) is 32.1. The van der Waals surface area contributed by atoms with Gasteiger partial charge in [-0.05, 0) is 47.9 Å². The maximum atomic E-state index is 13.9. The summed E-state index contributed by atoms with van der Waals surface area (Å²) in [5, 5.41) is 2.93. The normalized spacial score (nSPS) is 15.6. The number of nitrogens with one attached hydrogen (secondary N) is 1. The van der Waals surface area contributed by atoms with Crippen molar-refractivity contribution >= 4 is 21.7 Å². The number of carbonyl (C=O) groups excluding carboxylic acids is 1. The summed E-state index contributed by atoms with van der Waals surface area (Å²) in [4.78, 5) is 29.4. The molecule has 4 aromatic rings. The van der Waals surface area contributed by atoms with E-state index in [1.807, 2.05) is 30.9 Å². The number of aromatic nitrogens is 4. The van der Waals surface area contributed by atoms with E-state index in [0.29, 0.717) is 35.6 Å². The third-order valence-electron chi connectivity index (χ3n) is 7.59. The lowest BCUT2D eigenvalue weighted by molar-refractivity contribution is -0.125. The Balaban J connectivity index is 1.46. The second-order valence-electron chi connectivity index (χ2n) is 10.7. The fourth-order valence-electron chi connectivity index (χ4n) is 5.05. The van der Waals surface area contributed by atoms with Crippen LogP contribution in [-0.2, 0) is 21.4 Å². The fraction of sp³-hybridized carbons (Fsp3) is 0.355. The average molecular weight is 636 g/mol. The molecule has 3 heterocycles. The van der Waals surface area contributed by atoms with Gasteiger partial charge in [-0.25, -0.2) is 18.4 Å². The molecule has 1 fully saturated rings. The molecule has 1 N–H and O–H groups in total. The van der Waals surface area contributed by atoms with Crippen LogP contribution in [0.25, 0.3) is 5.95 Å². The van der Waals surface area contributed by atoms with Crippen molar-refractivity contribution in [3.05, 3.63) is 78.5 Å². The van der Waals surface area contributed by atoms with Crippen molar-refractivity contribution in [2.45, 2.75) is 37.2 Å². The molecule has 0 radical (unpaired) electrons. The van der Waals surface area contributed by atoms with Crippen LogP contribution < -0.4 is 24.4 Å². The van der Waals surface area contributed by atoms with Crippen molar-refractivity contribution in [1.82, 2.24) is 29.1 Å². The Labute approximate surface area is 262 Å². The Morgan fingerprint density at radius 1 is 0.978 bits per heavy atom. The van der Waals surface area contributed by atoms with Crippen LogP contribution in [0, 0.1) is 0 Å². The molecule has 238 valence electrons. The summed E-state index contributed by atoms with van der Waals surface area (Å²) in [6.45, 7) is 4.67. The standard InChI is InChI=1S/C31H37N7O6S/c1-21(2)25-17-29(35-31(34-25)37-13-12-32-20-37)36-14-15-38(45(40,41)24-9-7-23(42-3)8-10-24)26(19-36)30(39)33-18-22-6-11-27(43-4)28(16-22)44-5/h6-13,16-17,20-21,26H,14-15,18-19H2,1-5H3,(H,33,39). The molecule has 0 saturated carbocycles. The van der Waals surface area contributed by atoms with E-state index in [1.165, 1.54) is 30.7 Å². The molecule has 13 nitrogen and oxygen atoms in total. The van der Waals surface area contributed by atoms with Gasteiger partial charge in [0.25, 0.3) is 0 Å². The van der Waals surface area contributed by atoms with Crippen LogP contribution in [0.2, 0.25) is 0 Å². The number of ether oxygens (including phenoxy) is 3. The van der Waals surface area contributed by atoms with E-state index in [1.54, 1.807) is 54.7 Å². The SMILES string of the molecule is COc1ccc(S(=O)(=O)N2CCN(c3cc(C(C)C)nc(-n4ccnc4)n3)CC2C(=O)NCc2ccc(OC)c(OC)c2)cc1. The number of imidazole rings is 1. The first-order valence-corrected chi connectivity index (χ1v) is 15.9. The van der Waals surface area contributed by atoms with E-state index in [0.717, 1.165) is 11.3 Å². The van der Waals surface area contributed by atoms with Crippen LogP contribution in [0.4, 0.5) is 5.82 Å². The molecule has 1 amide bonds. The van der Waals surface area contributed by atoms with Gasteiger partial charge in [0.1, 0.15) is 23.9 Å². The summed E-state index contributed by atoms with van der Waals surface area (Å²) >= 11 is 0. The topological polar surface area (TPSA) is 141 Å². The molecule has 2 aromatic heterocycles. The van der Waals surface area contributed by atoms with E-state index < -0.39 is 22.0 Å². The van der Waals surface area contributed by atoms with Gasteiger partial charge in [-0.2, -0.15) is 9.29 Å². The van der Waals surface area contributed by atoms with Crippen molar-refractivity contribution in [3.63, 3.8) is 0 Å². The van der Waals surface area contributed by atoms with Gasteiger partial charge in [-0.15, -0.1) is 0 Å². The number of anilines is 1. The van der Waals surface area contributed by atoms with Crippen molar-refractivity contribution in [1.29, 1.82) is 0 Å². The van der Waals surface area contributed by atoms with E-state index in [2.05, 4.69) is 10.3 Å². The summed E-state index contributed by atoms with van der Waals surface area (Å²) < 4.78 is 46.8. The number of methoxy groups -OCH3 is 3. The first-order chi connectivity index (χ1) is 21.6. The fourth-order valence-corrected chi connectivity index (χ4v) is 6.62. The summed E-state index contributed by atoms with van der Waals surface area (Å²) in [5.41, 5.74) is 1.58. The lowest BCUT2D eigenvalue weighted by Crippen LogP contribution is -2.60. The smallest absolute Gasteiger partial charge is 0.243 e. The quantitative estimate of drug-likeness (QED) is 0.262. The van der Waals surface area contributed by atoms with E-state index in [4.69, 9.17) is 24.2 Å². The predicted molar refractivity (Wildman–Crippen MR) is 168 cm³/mol. The number of carbonyl (C=O) groups is 1. The lowest BCUT2D eigenvalue weighted by Gasteiger charge is -2.40. The molecule has 2 aromatic carbocycles. The molecule has 1 atom stereocenters. The Morgan fingerprint density at radius 3 is 2.38 bits per heavy atom. The van der Waals surface area contributed by atoms with Gasteiger partial charge in [0.2, 0.25) is 21.9 Å². The van der Waals surface area contributed by atoms with E-state index >= 15 is 0 Å². The maximum Gasteiger partial charge on any atom is 0.243 e. The molecule has 1 aliphatic heterocycles. The summed E-state index contributed by atoms with van der Waals surface area (Å²) in [6.07, 6.45) is 5.02. The van der Waals surface area contributed by atoms with Gasteiger partial charge in [-0.1, -0.05) is 19.9 Å². The molecule has 1 saturated heterocycles. The summed E-state index contributed by atoms with van der Waals surface area (Å²) in [5.74, 6) is 2.31. The minimum Gasteiger partial charge on any atom is -0.497 e. The van der Waals surface area contributed by atoms with Crippen molar-refractivity contribution < 1.29 is 27.4 Å². The van der Waals surface area contributed by atoms with Crippen LogP contribution in [0.3, 0.4) is 0 Å². The maximum absolute atomic E-state index is 13.9. The lowest BCUT2D eigenvalue weighted by atomic mass is 10.1. The number of rotatable bonds is 11. The molecule has 1 unspecified atom stereocenters. The highest BCUT2D eigenvalue weighted by atomic mass is 32.2. The highest BCUT2D eigenvalue weighted by molar-refractivity contribution is 7.89. The Kier molecular flexibility index (Phi) is 9.54. The number of hydrogen-bond donors (Lipinski definition) is 1. The minimum atomic E-state index is -4.05. The van der Waals surface area contributed by atoms with Gasteiger partial charge < -0.3 is 24.4 Å². The number of hydrogen-bond acceptors (Lipinski definition) is 10. The average Bonchev–Trinajstić information content (AvgIpc) is 3.62. The molecule has 5 rings (SSSR count). The first kappa shape index (κ1) is 31.7. The Bertz CT molecular complexity index is 1730. The third-order valence-corrected chi connectivity index (χ3v) is 9.51. The van der Waals surface area contributed by atoms with Gasteiger partial charge in [0.15, 0.2) is 11.5 Å². The van der Waals surface area contributed by atoms with Crippen LogP contribution in [0.1, 0.15) is 31.0 Å². The number of sulfonamides is 1. The monoisotopic (exact) mass is 635 g/mol. The highest BCUT2D eigenvalue weighted by Gasteiger charge is 2.40. The molecule has 0 aliphatic carbocycles. The predicted octanol–water partition coefficient (Wildman–Crippen LogP) is 3.01. The van der Waals surface area contributed by atoms with Crippen molar-refractivity contribution in [2.75, 3.05) is 45.9 Å². The zero-order valence-electron chi connectivity index (χ0n) is 25.9. The second-order valence-corrected chi connectivity index (χ2v) is 12.6. The van der Waals surface area contributed by atoms with Gasteiger partial charge in [0.05, 0.1) is 31.9 Å². The first-order valence-electron chi connectivity index (χ1n) is 14.4. The number of piperazine rings is 1. The van der Waals surface area contributed by atoms with Crippen molar-refractivity contribution in [3.8, 4) is 23.2 Å². The molecule has 45 heavy (non-hydrogen) atoms. The van der Waals surface area contributed by atoms with Gasteiger partial charge in [0, 0.05) is 44.6 Å². The zero-order valence-corrected chi connectivity index (χ0v) is 26.7. The van der Waals surface area contributed by atoms with Gasteiger partial charge in [-0.3, -0.25) is 9.36 Å². The highest BCUT2D eigenvalue weighted by Crippen LogP contribution is 2.29. The molecule has 14 heteroatoms. The number of amides is 1. The van der Waals surface area contributed by atoms with Crippen LogP contribution >= 0.6 is 0 Å². The Hall–Kier alpha value is -4.69. The summed E-state index contributed by atoms with van der Waals surface area (Å²) in [6, 6.07) is 12.3. The number of nitrogens with zero attached hydrogens (tertiary/aromatic N) is 6. The minimum absolute atomic E-state index is 0.0598. The van der Waals surface area contributed by atoms with E-state index in [9.17, 15) is 13.2 Å². The van der Waals surface area contributed by atoms with Crippen molar-refractivity contribution in [2.24, 2.45) is 0 Å². The van der Waals surface area contributed by atoms with Gasteiger partial charge >= 0.3 is 0 Å². The second kappa shape index (κ2) is 13.5. The van der Waals surface area contributed by atoms with Crippen LogP contribution in [-0.4, -0.2) is 85.2 Å². The van der Waals surface area contributed by atoms with Crippen LogP contribution in [0.15, 0.2) is 72.1 Å². The van der Waals surface area contributed by atoms with E-state index in [-0.39, 0.29) is 30.4 Å².